The highest BCUT2D eigenvalue weighted by molar-refractivity contribution is 7.12. The van der Waals surface area contributed by atoms with Gasteiger partial charge in [0.25, 0.3) is 5.91 Å². The Labute approximate surface area is 156 Å². The minimum Gasteiger partial charge on any atom is -0.360 e. The number of hydrogen-bond donors (Lipinski definition) is 2. The number of rotatable bonds is 6. The van der Waals surface area contributed by atoms with Crippen molar-refractivity contribution in [3.63, 3.8) is 0 Å². The predicted octanol–water partition coefficient (Wildman–Crippen LogP) is 2.66. The number of likely N-dealkylation sites (tertiary alicyclic amines) is 1. The van der Waals surface area contributed by atoms with E-state index in [0.717, 1.165) is 37.2 Å². The van der Waals surface area contributed by atoms with Crippen LogP contribution in [0.3, 0.4) is 0 Å². The Bertz CT molecular complexity index is 735. The molecule has 3 rings (SSSR count). The van der Waals surface area contributed by atoms with Crippen LogP contribution in [0.25, 0.3) is 0 Å². The fourth-order valence-corrected chi connectivity index (χ4v) is 3.89. The van der Waals surface area contributed by atoms with Crippen LogP contribution in [0, 0.1) is 6.92 Å². The first kappa shape index (κ1) is 18.6. The highest BCUT2D eigenvalue weighted by Gasteiger charge is 2.29. The summed E-state index contributed by atoms with van der Waals surface area (Å²) in [5.41, 5.74) is 0. The van der Waals surface area contributed by atoms with E-state index in [0.29, 0.717) is 11.6 Å². The van der Waals surface area contributed by atoms with Crippen LogP contribution in [0.1, 0.15) is 41.6 Å². The Balaban J connectivity index is 1.50. The van der Waals surface area contributed by atoms with E-state index in [1.54, 1.807) is 13.0 Å². The lowest BCUT2D eigenvalue weighted by Crippen LogP contribution is -2.51. The predicted molar refractivity (Wildman–Crippen MR) is 100 cm³/mol. The Hall–Kier alpha value is -2.19. The van der Waals surface area contributed by atoms with Crippen molar-refractivity contribution >= 4 is 29.0 Å². The fraction of sp³-hybridized carbons (Fsp3) is 0.500. The van der Waals surface area contributed by atoms with E-state index < -0.39 is 0 Å². The molecule has 2 aromatic heterocycles. The first-order valence-corrected chi connectivity index (χ1v) is 9.77. The van der Waals surface area contributed by atoms with Crippen LogP contribution in [0.15, 0.2) is 28.1 Å². The van der Waals surface area contributed by atoms with Gasteiger partial charge >= 0.3 is 0 Å². The molecule has 2 N–H and O–H groups in total. The second-order valence-electron chi connectivity index (χ2n) is 6.50. The lowest BCUT2D eigenvalue weighted by Gasteiger charge is -2.36. The van der Waals surface area contributed by atoms with E-state index in [2.05, 4.69) is 20.7 Å². The summed E-state index contributed by atoms with van der Waals surface area (Å²) in [4.78, 5) is 27.6. The van der Waals surface area contributed by atoms with Crippen molar-refractivity contribution in [3.05, 3.63) is 34.2 Å². The molecule has 1 fully saturated rings. The summed E-state index contributed by atoms with van der Waals surface area (Å²) in [5.74, 6) is 1.03. The van der Waals surface area contributed by atoms with Gasteiger partial charge in [0.05, 0.1) is 10.9 Å². The van der Waals surface area contributed by atoms with Gasteiger partial charge in [-0.05, 0) is 37.6 Å². The van der Waals surface area contributed by atoms with Crippen molar-refractivity contribution in [2.45, 2.75) is 45.2 Å². The number of nitrogens with one attached hydrogen (secondary N) is 2. The van der Waals surface area contributed by atoms with E-state index in [-0.39, 0.29) is 23.9 Å². The number of anilines is 1. The molecule has 0 aliphatic carbocycles. The first-order valence-electron chi connectivity index (χ1n) is 8.89. The molecule has 1 unspecified atom stereocenters. The summed E-state index contributed by atoms with van der Waals surface area (Å²) in [6.07, 6.45) is 2.39. The van der Waals surface area contributed by atoms with E-state index in [1.165, 1.54) is 11.3 Å². The monoisotopic (exact) mass is 376 g/mol. The van der Waals surface area contributed by atoms with E-state index in [9.17, 15) is 9.59 Å². The standard InChI is InChI=1S/C18H24N4O3S/c1-3-14(17(23)20-16-11-12(2)25-21-16)22-8-6-13(7-9-22)19-18(24)15-5-4-10-26-15/h4-5,10-11,13-14H,3,6-9H2,1-2H3,(H,19,24)(H,20,21,23). The van der Waals surface area contributed by atoms with Gasteiger partial charge < -0.3 is 15.2 Å². The molecule has 1 aliphatic rings. The number of nitrogens with zero attached hydrogens (tertiary/aromatic N) is 2. The molecule has 2 aromatic rings. The molecule has 0 aromatic carbocycles. The van der Waals surface area contributed by atoms with Crippen LogP contribution >= 0.6 is 11.3 Å². The summed E-state index contributed by atoms with van der Waals surface area (Å²) in [6.45, 7) is 5.34. The zero-order chi connectivity index (χ0) is 18.5. The number of hydrogen-bond acceptors (Lipinski definition) is 6. The van der Waals surface area contributed by atoms with Crippen molar-refractivity contribution in [1.29, 1.82) is 0 Å². The maximum absolute atomic E-state index is 12.6. The highest BCUT2D eigenvalue weighted by Crippen LogP contribution is 2.18. The normalized spacial score (nSPS) is 17.0. The van der Waals surface area contributed by atoms with Crippen molar-refractivity contribution < 1.29 is 14.1 Å². The number of aryl methyl sites for hydroxylation is 1. The molecule has 1 aliphatic heterocycles. The quantitative estimate of drug-likeness (QED) is 0.809. The number of thiophene rings is 1. The molecule has 1 saturated heterocycles. The summed E-state index contributed by atoms with van der Waals surface area (Å²) in [7, 11) is 0. The van der Waals surface area contributed by atoms with Crippen LogP contribution in [0.2, 0.25) is 0 Å². The second-order valence-corrected chi connectivity index (χ2v) is 7.44. The maximum atomic E-state index is 12.6. The van der Waals surface area contributed by atoms with Crippen LogP contribution < -0.4 is 10.6 Å². The highest BCUT2D eigenvalue weighted by atomic mass is 32.1. The average molecular weight is 376 g/mol. The van der Waals surface area contributed by atoms with Crippen LogP contribution in [0.4, 0.5) is 5.82 Å². The van der Waals surface area contributed by atoms with Gasteiger partial charge in [-0.3, -0.25) is 14.5 Å². The molecule has 2 amide bonds. The summed E-state index contributed by atoms with van der Waals surface area (Å²) in [6, 6.07) is 5.36. The van der Waals surface area contributed by atoms with Gasteiger partial charge in [-0.25, -0.2) is 0 Å². The van der Waals surface area contributed by atoms with Crippen LogP contribution in [-0.2, 0) is 4.79 Å². The maximum Gasteiger partial charge on any atom is 0.261 e. The van der Waals surface area contributed by atoms with Crippen molar-refractivity contribution in [1.82, 2.24) is 15.4 Å². The Morgan fingerprint density at radius 3 is 2.77 bits per heavy atom. The Morgan fingerprint density at radius 1 is 1.42 bits per heavy atom. The first-order chi connectivity index (χ1) is 12.6. The number of carbonyl (C=O) groups is 2. The van der Waals surface area contributed by atoms with Crippen LogP contribution in [-0.4, -0.2) is 47.0 Å². The SMILES string of the molecule is CCC(C(=O)Nc1cc(C)on1)N1CCC(NC(=O)c2cccs2)CC1. The van der Waals surface area contributed by atoms with Gasteiger partial charge in [-0.2, -0.15) is 0 Å². The fourth-order valence-electron chi connectivity index (χ4n) is 3.26. The van der Waals surface area contributed by atoms with Crippen LogP contribution in [0.5, 0.6) is 0 Å². The lowest BCUT2D eigenvalue weighted by atomic mass is 10.0. The zero-order valence-corrected chi connectivity index (χ0v) is 15.8. The van der Waals surface area contributed by atoms with Crippen molar-refractivity contribution in [2.24, 2.45) is 0 Å². The number of amides is 2. The molecule has 0 saturated carbocycles. The zero-order valence-electron chi connectivity index (χ0n) is 15.0. The molecule has 8 heteroatoms. The van der Waals surface area contributed by atoms with E-state index >= 15 is 0 Å². The van der Waals surface area contributed by atoms with Gasteiger partial charge in [-0.15, -0.1) is 11.3 Å². The topological polar surface area (TPSA) is 87.5 Å². The third-order valence-electron chi connectivity index (χ3n) is 4.62. The summed E-state index contributed by atoms with van der Waals surface area (Å²) >= 11 is 1.45. The molecule has 7 nitrogen and oxygen atoms in total. The minimum atomic E-state index is -0.207. The molecular formula is C18H24N4O3S. The molecule has 3 heterocycles. The van der Waals surface area contributed by atoms with E-state index in [1.807, 2.05) is 24.4 Å². The molecule has 0 radical (unpaired) electrons. The lowest BCUT2D eigenvalue weighted by molar-refractivity contribution is -0.122. The van der Waals surface area contributed by atoms with Gasteiger partial charge in [0.2, 0.25) is 5.91 Å². The number of aromatic nitrogens is 1. The third kappa shape index (κ3) is 4.50. The Morgan fingerprint density at radius 2 is 2.19 bits per heavy atom. The van der Waals surface area contributed by atoms with Gasteiger partial charge in [0.1, 0.15) is 5.76 Å². The van der Waals surface area contributed by atoms with Crippen molar-refractivity contribution in [2.75, 3.05) is 18.4 Å². The third-order valence-corrected chi connectivity index (χ3v) is 5.49. The molecule has 140 valence electrons. The van der Waals surface area contributed by atoms with Crippen molar-refractivity contribution in [3.8, 4) is 0 Å². The smallest absolute Gasteiger partial charge is 0.261 e. The van der Waals surface area contributed by atoms with E-state index in [4.69, 9.17) is 4.52 Å². The molecule has 1 atom stereocenters. The average Bonchev–Trinajstić information content (AvgIpc) is 3.29. The molecule has 0 bridgehead atoms. The molecule has 26 heavy (non-hydrogen) atoms. The number of carbonyl (C=O) groups excluding carboxylic acids is 2. The molecular weight excluding hydrogens is 352 g/mol. The number of piperidine rings is 1. The molecule has 0 spiro atoms. The summed E-state index contributed by atoms with van der Waals surface area (Å²) in [5, 5.41) is 11.6. The summed E-state index contributed by atoms with van der Waals surface area (Å²) < 4.78 is 4.99. The largest absolute Gasteiger partial charge is 0.360 e. The van der Waals surface area contributed by atoms with Gasteiger partial charge in [-0.1, -0.05) is 18.1 Å². The van der Waals surface area contributed by atoms with Gasteiger partial charge in [0.15, 0.2) is 5.82 Å². The second kappa shape index (κ2) is 8.46. The Kier molecular flexibility index (Phi) is 6.05. The van der Waals surface area contributed by atoms with Gasteiger partial charge in [0, 0.05) is 25.2 Å². The minimum absolute atomic E-state index is 0.00960.